The Morgan fingerprint density at radius 2 is 2.17 bits per heavy atom. The van der Waals surface area contributed by atoms with Crippen LogP contribution < -0.4 is 10.1 Å². The number of carboxylic acids is 1. The summed E-state index contributed by atoms with van der Waals surface area (Å²) in [5.74, 6) is 0.268. The van der Waals surface area contributed by atoms with E-state index < -0.39 is 29.6 Å². The molecule has 4 atom stereocenters. The van der Waals surface area contributed by atoms with Gasteiger partial charge in [-0.15, -0.1) is 0 Å². The summed E-state index contributed by atoms with van der Waals surface area (Å²) < 4.78 is 46.2. The molecular weight excluding hydrogens is 532 g/mol. The number of fused-ring (bicyclic) bond motifs is 1. The number of anilines is 1. The van der Waals surface area contributed by atoms with Crippen LogP contribution in [0.5, 0.6) is 5.75 Å². The van der Waals surface area contributed by atoms with Gasteiger partial charge in [0.1, 0.15) is 29.1 Å². The van der Waals surface area contributed by atoms with Crippen LogP contribution in [-0.2, 0) is 27.1 Å². The Balaban J connectivity index is 1.15. The van der Waals surface area contributed by atoms with Crippen molar-refractivity contribution in [2.24, 2.45) is 0 Å². The molecule has 0 aliphatic carbocycles. The lowest BCUT2D eigenvalue weighted by Crippen LogP contribution is -2.36. The van der Waals surface area contributed by atoms with Crippen LogP contribution in [0.4, 0.5) is 14.6 Å². The molecule has 8 nitrogen and oxygen atoms in total. The molecule has 3 aliphatic heterocycles. The molecule has 2 N–H and O–H groups in total. The number of methoxy groups -OCH3 is 1. The Kier molecular flexibility index (Phi) is 9.41. The number of nitrogens with zero attached hydrogens (tertiary/aromatic N) is 2. The van der Waals surface area contributed by atoms with Crippen LogP contribution in [0.3, 0.4) is 0 Å². The topological polar surface area (TPSA) is 93.2 Å². The molecule has 5 rings (SSSR count). The summed E-state index contributed by atoms with van der Waals surface area (Å²) >= 11 is 0. The zero-order valence-corrected chi connectivity index (χ0v) is 24.0. The fourth-order valence-corrected chi connectivity index (χ4v) is 6.22. The van der Waals surface area contributed by atoms with Crippen molar-refractivity contribution in [3.63, 3.8) is 0 Å². The van der Waals surface area contributed by atoms with Crippen molar-refractivity contribution in [2.45, 2.75) is 82.2 Å². The highest BCUT2D eigenvalue weighted by Crippen LogP contribution is 2.39. The van der Waals surface area contributed by atoms with Gasteiger partial charge in [-0.25, -0.2) is 13.8 Å². The van der Waals surface area contributed by atoms with E-state index in [0.717, 1.165) is 61.5 Å². The second-order valence-electron chi connectivity index (χ2n) is 11.7. The lowest BCUT2D eigenvalue weighted by Gasteiger charge is -2.34. The first-order chi connectivity index (χ1) is 19.7. The Morgan fingerprint density at radius 3 is 2.93 bits per heavy atom. The molecule has 0 bridgehead atoms. The summed E-state index contributed by atoms with van der Waals surface area (Å²) in [7, 11) is 1.70. The number of ether oxygens (including phenoxy) is 3. The number of hydrogen-bond donors (Lipinski definition) is 2. The third kappa shape index (κ3) is 7.16. The summed E-state index contributed by atoms with van der Waals surface area (Å²) in [5.41, 5.74) is 1.71. The molecule has 3 aliphatic rings. The molecule has 224 valence electrons. The monoisotopic (exact) mass is 573 g/mol. The van der Waals surface area contributed by atoms with Crippen LogP contribution >= 0.6 is 0 Å². The van der Waals surface area contributed by atoms with Crippen LogP contribution in [0.15, 0.2) is 24.3 Å². The molecule has 4 heterocycles. The molecule has 10 heteroatoms. The number of carbonyl (C=O) groups is 1. The maximum absolute atomic E-state index is 14.4. The van der Waals surface area contributed by atoms with Gasteiger partial charge in [0, 0.05) is 43.6 Å². The van der Waals surface area contributed by atoms with E-state index in [4.69, 9.17) is 19.2 Å². The Bertz CT molecular complexity index is 1200. The SMILES string of the molecule is COc1cc(CCCCO[C@@H]2CCN(C(C(=O)O)c3cc(F)ccc3C3CCC(C)(F)CO3)C2)nc2c1CCCN2. The van der Waals surface area contributed by atoms with E-state index in [1.54, 1.807) is 13.2 Å². The van der Waals surface area contributed by atoms with Crippen molar-refractivity contribution in [3.8, 4) is 5.75 Å². The third-order valence-corrected chi connectivity index (χ3v) is 8.41. The number of halogens is 2. The van der Waals surface area contributed by atoms with Gasteiger partial charge in [-0.3, -0.25) is 9.69 Å². The minimum atomic E-state index is -1.41. The quantitative estimate of drug-likeness (QED) is 0.345. The summed E-state index contributed by atoms with van der Waals surface area (Å²) in [6.45, 7) is 3.89. The van der Waals surface area contributed by atoms with E-state index in [9.17, 15) is 18.7 Å². The number of carboxylic acid groups (broad SMARTS) is 1. The van der Waals surface area contributed by atoms with Crippen molar-refractivity contribution in [1.82, 2.24) is 9.88 Å². The smallest absolute Gasteiger partial charge is 0.325 e. The number of pyridine rings is 1. The van der Waals surface area contributed by atoms with Gasteiger partial charge in [-0.05, 0) is 81.5 Å². The first kappa shape index (κ1) is 29.7. The molecule has 0 saturated carbocycles. The largest absolute Gasteiger partial charge is 0.496 e. The van der Waals surface area contributed by atoms with E-state index >= 15 is 0 Å². The lowest BCUT2D eigenvalue weighted by atomic mass is 9.89. The summed E-state index contributed by atoms with van der Waals surface area (Å²) in [6, 6.07) is 5.18. The molecule has 2 saturated heterocycles. The molecule has 0 radical (unpaired) electrons. The average Bonchev–Trinajstić information content (AvgIpc) is 3.41. The summed E-state index contributed by atoms with van der Waals surface area (Å²) in [4.78, 5) is 19.1. The Labute approximate surface area is 240 Å². The van der Waals surface area contributed by atoms with Gasteiger partial charge in [-0.1, -0.05) is 6.07 Å². The van der Waals surface area contributed by atoms with Gasteiger partial charge >= 0.3 is 5.97 Å². The van der Waals surface area contributed by atoms with Crippen LogP contribution in [0.2, 0.25) is 0 Å². The molecule has 1 aromatic carbocycles. The number of unbranched alkanes of at least 4 members (excludes halogenated alkanes) is 1. The number of alkyl halides is 1. The van der Waals surface area contributed by atoms with E-state index in [1.165, 1.54) is 19.1 Å². The molecule has 41 heavy (non-hydrogen) atoms. The number of benzene rings is 1. The third-order valence-electron chi connectivity index (χ3n) is 8.41. The fraction of sp³-hybridized carbons (Fsp3) is 0.613. The first-order valence-corrected chi connectivity index (χ1v) is 14.7. The van der Waals surface area contributed by atoms with Crippen LogP contribution in [0.1, 0.15) is 80.0 Å². The molecule has 2 fully saturated rings. The average molecular weight is 574 g/mol. The molecule has 1 aromatic heterocycles. The maximum atomic E-state index is 14.4. The van der Waals surface area contributed by atoms with E-state index in [1.807, 2.05) is 11.0 Å². The van der Waals surface area contributed by atoms with Crippen molar-refractivity contribution < 1.29 is 32.9 Å². The predicted octanol–water partition coefficient (Wildman–Crippen LogP) is 5.41. The zero-order chi connectivity index (χ0) is 29.0. The minimum Gasteiger partial charge on any atom is -0.496 e. The molecule has 2 aromatic rings. The number of aryl methyl sites for hydroxylation is 1. The Morgan fingerprint density at radius 1 is 1.32 bits per heavy atom. The number of aliphatic carboxylic acids is 1. The van der Waals surface area contributed by atoms with Crippen molar-refractivity contribution >= 4 is 11.8 Å². The predicted molar refractivity (Wildman–Crippen MR) is 151 cm³/mol. The van der Waals surface area contributed by atoms with E-state index in [2.05, 4.69) is 5.32 Å². The number of hydrogen-bond acceptors (Lipinski definition) is 7. The van der Waals surface area contributed by atoms with Gasteiger partial charge < -0.3 is 24.6 Å². The number of rotatable bonds is 11. The lowest BCUT2D eigenvalue weighted by molar-refractivity contribution is -0.143. The summed E-state index contributed by atoms with van der Waals surface area (Å²) in [6.07, 6.45) is 5.48. The van der Waals surface area contributed by atoms with Crippen LogP contribution in [0.25, 0.3) is 0 Å². The van der Waals surface area contributed by atoms with Crippen molar-refractivity contribution in [3.05, 3.63) is 52.5 Å². The maximum Gasteiger partial charge on any atom is 0.325 e. The fourth-order valence-electron chi connectivity index (χ4n) is 6.22. The highest BCUT2D eigenvalue weighted by Gasteiger charge is 2.38. The normalized spacial score (nSPS) is 25.4. The van der Waals surface area contributed by atoms with Crippen molar-refractivity contribution in [1.29, 1.82) is 0 Å². The highest BCUT2D eigenvalue weighted by molar-refractivity contribution is 5.76. The standard InChI is InChI=1S/C31H41F2N3O5/c1-31(33)12-10-26(41-19-31)23-9-8-20(32)16-25(23)28(30(37)38)36-14-11-22(18-36)40-15-4-3-6-21-17-27(39-2)24-7-5-13-34-29(24)35-21/h8-9,16-17,22,26,28H,3-7,10-15,18-19H2,1-2H3,(H,34,35)(H,37,38)/t22-,26?,28?,31?/m1/s1. The molecule has 3 unspecified atom stereocenters. The van der Waals surface area contributed by atoms with E-state index in [-0.39, 0.29) is 12.7 Å². The molecule has 0 amide bonds. The number of nitrogens with one attached hydrogen (secondary N) is 1. The minimum absolute atomic E-state index is 0.0706. The second-order valence-corrected chi connectivity index (χ2v) is 11.7. The van der Waals surface area contributed by atoms with E-state index in [0.29, 0.717) is 50.1 Å². The van der Waals surface area contributed by atoms with Gasteiger partial charge in [0.05, 0.1) is 25.9 Å². The molecular formula is C31H41F2N3O5. The summed E-state index contributed by atoms with van der Waals surface area (Å²) in [5, 5.41) is 13.6. The van der Waals surface area contributed by atoms with Gasteiger partial charge in [0.15, 0.2) is 0 Å². The van der Waals surface area contributed by atoms with Crippen molar-refractivity contribution in [2.75, 3.05) is 45.3 Å². The zero-order valence-electron chi connectivity index (χ0n) is 24.0. The van der Waals surface area contributed by atoms with Crippen LogP contribution in [-0.4, -0.2) is 72.7 Å². The first-order valence-electron chi connectivity index (χ1n) is 14.7. The second kappa shape index (κ2) is 13.0. The highest BCUT2D eigenvalue weighted by atomic mass is 19.1. The Hall–Kier alpha value is -2.82. The van der Waals surface area contributed by atoms with Gasteiger partial charge in [0.25, 0.3) is 0 Å². The number of aromatic nitrogens is 1. The van der Waals surface area contributed by atoms with Crippen LogP contribution in [0, 0.1) is 5.82 Å². The van der Waals surface area contributed by atoms with Gasteiger partial charge in [-0.2, -0.15) is 0 Å². The van der Waals surface area contributed by atoms with Gasteiger partial charge in [0.2, 0.25) is 0 Å². The molecule has 0 spiro atoms. The number of likely N-dealkylation sites (tertiary alicyclic amines) is 1.